The first kappa shape index (κ1) is 29.6. The number of aliphatic hydroxyl groups excluding tert-OH is 3. The van der Waals surface area contributed by atoms with E-state index in [4.69, 9.17) is 21.1 Å². The van der Waals surface area contributed by atoms with Crippen molar-refractivity contribution >= 4 is 0 Å². The Hall–Kier alpha value is -1.13. The van der Waals surface area contributed by atoms with E-state index in [0.717, 1.165) is 13.1 Å². The van der Waals surface area contributed by atoms with Gasteiger partial charge in [0.25, 0.3) is 0 Å². The van der Waals surface area contributed by atoms with Crippen molar-refractivity contribution in [1.29, 1.82) is 0 Å². The maximum absolute atomic E-state index is 8.24. The number of hydrogen-bond donors (Lipinski definition) is 5. The lowest BCUT2D eigenvalue weighted by molar-refractivity contribution is 0.203. The number of nitrogens with one attached hydrogen (secondary N) is 1. The van der Waals surface area contributed by atoms with Gasteiger partial charge in [-0.1, -0.05) is 6.07 Å². The molecular formula is C18H41N5O3. The number of likely N-dealkylation sites (N-methyl/N-ethyl adjacent to an activating group) is 2. The smallest absolute Gasteiger partial charge is 0.0634 e. The van der Waals surface area contributed by atoms with Crippen LogP contribution in [0.4, 0.5) is 0 Å². The van der Waals surface area contributed by atoms with Crippen molar-refractivity contribution in [2.45, 2.75) is 13.0 Å². The minimum Gasteiger partial charge on any atom is -0.395 e. The van der Waals surface area contributed by atoms with Gasteiger partial charge in [0.1, 0.15) is 0 Å². The molecule has 0 saturated carbocycles. The Bertz CT molecular complexity index is 289. The monoisotopic (exact) mass is 375 g/mol. The third-order valence-corrected chi connectivity index (χ3v) is 2.48. The molecule has 156 valence electrons. The molecule has 0 aliphatic carbocycles. The summed E-state index contributed by atoms with van der Waals surface area (Å²) in [6.45, 7) is 5.72. The number of nitrogens with zero attached hydrogens (tertiary/aromatic N) is 3. The zero-order valence-electron chi connectivity index (χ0n) is 17.2. The van der Waals surface area contributed by atoms with E-state index < -0.39 is 0 Å². The van der Waals surface area contributed by atoms with Gasteiger partial charge in [-0.2, -0.15) is 0 Å². The Balaban J connectivity index is -0.000000275. The second-order valence-electron chi connectivity index (χ2n) is 5.91. The van der Waals surface area contributed by atoms with E-state index in [2.05, 4.69) is 48.3 Å². The summed E-state index contributed by atoms with van der Waals surface area (Å²) in [5, 5.41) is 27.3. The van der Waals surface area contributed by atoms with Crippen LogP contribution in [0.25, 0.3) is 0 Å². The number of rotatable bonds is 8. The molecule has 0 aliphatic heterocycles. The predicted molar refractivity (Wildman–Crippen MR) is 109 cm³/mol. The average Bonchev–Trinajstić information content (AvgIpc) is 2.63. The van der Waals surface area contributed by atoms with Crippen LogP contribution >= 0.6 is 0 Å². The van der Waals surface area contributed by atoms with E-state index in [1.165, 1.54) is 0 Å². The molecular weight excluding hydrogens is 334 g/mol. The molecule has 6 N–H and O–H groups in total. The maximum Gasteiger partial charge on any atom is 0.0634 e. The number of aliphatic hydroxyl groups is 3. The Morgan fingerprint density at radius 2 is 1.31 bits per heavy atom. The molecule has 0 fully saturated rings. The van der Waals surface area contributed by atoms with E-state index in [9.17, 15) is 0 Å². The zero-order valence-corrected chi connectivity index (χ0v) is 17.2. The highest BCUT2D eigenvalue weighted by atomic mass is 16.3. The van der Waals surface area contributed by atoms with Crippen LogP contribution in [0, 0.1) is 0 Å². The van der Waals surface area contributed by atoms with Crippen molar-refractivity contribution in [3.63, 3.8) is 0 Å². The molecule has 0 spiro atoms. The Morgan fingerprint density at radius 3 is 1.46 bits per heavy atom. The average molecular weight is 376 g/mol. The number of aromatic nitrogens is 1. The van der Waals surface area contributed by atoms with Crippen LogP contribution in [-0.2, 0) is 0 Å². The highest BCUT2D eigenvalue weighted by Gasteiger charge is 1.89. The molecule has 1 heterocycles. The first-order chi connectivity index (χ1) is 12.3. The van der Waals surface area contributed by atoms with Crippen molar-refractivity contribution in [2.75, 3.05) is 74.1 Å². The maximum atomic E-state index is 8.24. The van der Waals surface area contributed by atoms with Gasteiger partial charge in [-0.25, -0.2) is 0 Å². The van der Waals surface area contributed by atoms with Gasteiger partial charge in [0.2, 0.25) is 0 Å². The molecule has 1 aromatic rings. The van der Waals surface area contributed by atoms with Gasteiger partial charge in [-0.05, 0) is 47.2 Å². The van der Waals surface area contributed by atoms with E-state index in [-0.39, 0.29) is 19.3 Å². The van der Waals surface area contributed by atoms with Gasteiger partial charge in [0.05, 0.1) is 19.3 Å². The summed E-state index contributed by atoms with van der Waals surface area (Å²) < 4.78 is 0. The molecule has 0 radical (unpaired) electrons. The van der Waals surface area contributed by atoms with E-state index in [0.29, 0.717) is 19.6 Å². The van der Waals surface area contributed by atoms with Crippen LogP contribution in [0.5, 0.6) is 0 Å². The van der Waals surface area contributed by atoms with Gasteiger partial charge in [-0.15, -0.1) is 0 Å². The molecule has 8 nitrogen and oxygen atoms in total. The fraction of sp³-hybridized carbons (Fsp3) is 0.722. The van der Waals surface area contributed by atoms with E-state index in [1.807, 2.05) is 18.2 Å². The van der Waals surface area contributed by atoms with Crippen molar-refractivity contribution in [3.05, 3.63) is 30.6 Å². The van der Waals surface area contributed by atoms with Crippen molar-refractivity contribution in [1.82, 2.24) is 20.1 Å². The molecule has 8 heteroatoms. The first-order valence-corrected chi connectivity index (χ1v) is 8.76. The Kier molecular flexibility index (Phi) is 29.7. The minimum atomic E-state index is -0.338. The van der Waals surface area contributed by atoms with Crippen LogP contribution in [0.3, 0.4) is 0 Å². The van der Waals surface area contributed by atoms with Crippen LogP contribution in [0.15, 0.2) is 30.6 Å². The summed E-state index contributed by atoms with van der Waals surface area (Å²) in [5.41, 5.74) is 4.92. The standard InChI is InChI=1S/C6H16N2.C5H5N.C4H11NO2.C3H9NO/c1-7(2)5-6-8(3)4;1-2-4-6-5-3-1;6-3-1-5-2-4-7;1-3(5)2-4/h5-6H2,1-4H3;1-5H;5-7H,1-4H2;3,5H,2,4H2,1H3. The fourth-order valence-electron chi connectivity index (χ4n) is 0.996. The zero-order chi connectivity index (χ0) is 20.6. The topological polar surface area (TPSA) is 118 Å². The van der Waals surface area contributed by atoms with Crippen molar-refractivity contribution < 1.29 is 15.3 Å². The summed E-state index contributed by atoms with van der Waals surface area (Å²) in [6, 6.07) is 5.72. The van der Waals surface area contributed by atoms with Crippen LogP contribution in [0.1, 0.15) is 6.92 Å². The summed E-state index contributed by atoms with van der Waals surface area (Å²) in [5.74, 6) is 0. The normalized spacial score (nSPS) is 10.7. The van der Waals surface area contributed by atoms with Crippen LogP contribution in [0.2, 0.25) is 0 Å². The number of nitrogens with two attached hydrogens (primary N) is 1. The minimum absolute atomic E-state index is 0.139. The SMILES string of the molecule is CC(O)CN.CN(C)CCN(C)C.OCCNCCO.c1ccncc1. The van der Waals surface area contributed by atoms with Gasteiger partial charge in [0, 0.05) is 45.1 Å². The lowest BCUT2D eigenvalue weighted by Crippen LogP contribution is -2.25. The fourth-order valence-corrected chi connectivity index (χ4v) is 0.996. The van der Waals surface area contributed by atoms with E-state index >= 15 is 0 Å². The first-order valence-electron chi connectivity index (χ1n) is 8.76. The van der Waals surface area contributed by atoms with Crippen LogP contribution < -0.4 is 11.1 Å². The van der Waals surface area contributed by atoms with Gasteiger partial charge in [-0.3, -0.25) is 4.98 Å². The summed E-state index contributed by atoms with van der Waals surface area (Å²) >= 11 is 0. The highest BCUT2D eigenvalue weighted by molar-refractivity contribution is 4.88. The van der Waals surface area contributed by atoms with Gasteiger partial charge >= 0.3 is 0 Å². The van der Waals surface area contributed by atoms with Crippen LogP contribution in [-0.4, -0.2) is 110 Å². The van der Waals surface area contributed by atoms with E-state index in [1.54, 1.807) is 19.3 Å². The molecule has 0 amide bonds. The Morgan fingerprint density at radius 1 is 0.923 bits per heavy atom. The van der Waals surface area contributed by atoms with Crippen molar-refractivity contribution in [2.24, 2.45) is 5.73 Å². The molecule has 26 heavy (non-hydrogen) atoms. The third kappa shape index (κ3) is 43.4. The quantitative estimate of drug-likeness (QED) is 0.370. The lowest BCUT2D eigenvalue weighted by atomic mass is 10.4. The molecule has 1 atom stereocenters. The number of pyridine rings is 1. The summed E-state index contributed by atoms with van der Waals surface area (Å²) in [7, 11) is 8.35. The lowest BCUT2D eigenvalue weighted by Gasteiger charge is -2.13. The molecule has 0 bridgehead atoms. The highest BCUT2D eigenvalue weighted by Crippen LogP contribution is 1.76. The summed E-state index contributed by atoms with van der Waals surface area (Å²) in [6.07, 6.45) is 3.16. The molecule has 1 aromatic heterocycles. The van der Waals surface area contributed by atoms with Gasteiger partial charge < -0.3 is 36.2 Å². The molecule has 1 unspecified atom stereocenters. The second kappa shape index (κ2) is 26.1. The largest absolute Gasteiger partial charge is 0.395 e. The molecule has 0 aliphatic rings. The number of hydrogen-bond acceptors (Lipinski definition) is 8. The Labute approximate surface area is 159 Å². The summed E-state index contributed by atoms with van der Waals surface area (Å²) in [4.78, 5) is 8.15. The van der Waals surface area contributed by atoms with Crippen molar-refractivity contribution in [3.8, 4) is 0 Å². The second-order valence-corrected chi connectivity index (χ2v) is 5.91. The molecule has 0 aromatic carbocycles. The molecule has 1 rings (SSSR count). The predicted octanol–water partition coefficient (Wildman–Crippen LogP) is -0.922. The third-order valence-electron chi connectivity index (χ3n) is 2.48. The van der Waals surface area contributed by atoms with Gasteiger partial charge in [0.15, 0.2) is 0 Å². The molecule has 0 saturated heterocycles.